The van der Waals surface area contributed by atoms with E-state index in [1.54, 1.807) is 0 Å². The third kappa shape index (κ3) is 2.78. The van der Waals surface area contributed by atoms with E-state index in [1.165, 1.54) is 11.1 Å². The highest BCUT2D eigenvalue weighted by molar-refractivity contribution is 6.32. The van der Waals surface area contributed by atoms with Gasteiger partial charge in [0.05, 0.1) is 11.0 Å². The molecule has 112 valence electrons. The SMILES string of the molecule is Clc1nc2ccccc2nc1-c1cccc(C2=CCCC=C2)c1. The van der Waals surface area contributed by atoms with Crippen LogP contribution < -0.4 is 0 Å². The molecule has 0 aliphatic heterocycles. The third-order valence-corrected chi connectivity index (χ3v) is 4.26. The van der Waals surface area contributed by atoms with Crippen LogP contribution in [0.25, 0.3) is 27.9 Å². The van der Waals surface area contributed by atoms with Crippen LogP contribution in [0.3, 0.4) is 0 Å². The maximum atomic E-state index is 6.37. The standard InChI is InChI=1S/C20H15ClN2/c21-20-19(22-17-11-4-5-12-18(17)23-20)16-10-6-9-15(13-16)14-7-2-1-3-8-14/h2,4-13H,1,3H2. The Morgan fingerprint density at radius 2 is 1.61 bits per heavy atom. The van der Waals surface area contributed by atoms with E-state index in [9.17, 15) is 0 Å². The third-order valence-electron chi connectivity index (χ3n) is 3.99. The van der Waals surface area contributed by atoms with Crippen LogP contribution in [-0.2, 0) is 0 Å². The van der Waals surface area contributed by atoms with Crippen molar-refractivity contribution in [3.63, 3.8) is 0 Å². The second kappa shape index (κ2) is 5.98. The number of hydrogen-bond acceptors (Lipinski definition) is 2. The Labute approximate surface area is 140 Å². The van der Waals surface area contributed by atoms with Crippen LogP contribution in [0.4, 0.5) is 0 Å². The molecule has 1 heterocycles. The number of rotatable bonds is 2. The van der Waals surface area contributed by atoms with E-state index in [4.69, 9.17) is 16.6 Å². The van der Waals surface area contributed by atoms with E-state index in [1.807, 2.05) is 36.4 Å². The summed E-state index contributed by atoms with van der Waals surface area (Å²) < 4.78 is 0. The summed E-state index contributed by atoms with van der Waals surface area (Å²) in [5.74, 6) is 0. The second-order valence-corrected chi connectivity index (χ2v) is 5.93. The molecule has 1 aliphatic carbocycles. The van der Waals surface area contributed by atoms with Crippen molar-refractivity contribution < 1.29 is 0 Å². The first-order chi connectivity index (χ1) is 11.3. The molecular weight excluding hydrogens is 304 g/mol. The number of fused-ring (bicyclic) bond motifs is 1. The first-order valence-electron chi connectivity index (χ1n) is 7.71. The summed E-state index contributed by atoms with van der Waals surface area (Å²) in [5, 5.41) is 0.439. The van der Waals surface area contributed by atoms with Gasteiger partial charge in [0.25, 0.3) is 0 Å². The molecule has 2 aromatic carbocycles. The fourth-order valence-electron chi connectivity index (χ4n) is 2.84. The molecule has 0 fully saturated rings. The summed E-state index contributed by atoms with van der Waals surface area (Å²) in [5.41, 5.74) is 5.83. The Balaban J connectivity index is 1.83. The van der Waals surface area contributed by atoms with Gasteiger partial charge in [-0.25, -0.2) is 9.97 Å². The summed E-state index contributed by atoms with van der Waals surface area (Å²) in [7, 11) is 0. The highest BCUT2D eigenvalue weighted by Crippen LogP contribution is 2.30. The van der Waals surface area contributed by atoms with Gasteiger partial charge in [0.1, 0.15) is 5.69 Å². The average molecular weight is 319 g/mol. The highest BCUT2D eigenvalue weighted by atomic mass is 35.5. The lowest BCUT2D eigenvalue weighted by Gasteiger charge is -2.10. The first-order valence-corrected chi connectivity index (χ1v) is 8.09. The van der Waals surface area contributed by atoms with Gasteiger partial charge in [-0.15, -0.1) is 0 Å². The maximum absolute atomic E-state index is 6.37. The minimum Gasteiger partial charge on any atom is -0.243 e. The molecule has 0 amide bonds. The zero-order chi connectivity index (χ0) is 15.6. The van der Waals surface area contributed by atoms with Crippen molar-refractivity contribution in [1.82, 2.24) is 9.97 Å². The summed E-state index contributed by atoms with van der Waals surface area (Å²) in [4.78, 5) is 9.17. The van der Waals surface area contributed by atoms with Crippen molar-refractivity contribution in [3.05, 3.63) is 77.5 Å². The van der Waals surface area contributed by atoms with E-state index in [-0.39, 0.29) is 0 Å². The first kappa shape index (κ1) is 14.2. The Bertz CT molecular complexity index is 941. The van der Waals surface area contributed by atoms with Gasteiger partial charge in [0.15, 0.2) is 5.15 Å². The molecule has 0 saturated heterocycles. The molecule has 0 saturated carbocycles. The van der Waals surface area contributed by atoms with Crippen molar-refractivity contribution in [3.8, 4) is 11.3 Å². The molecule has 0 radical (unpaired) electrons. The molecule has 1 aromatic heterocycles. The number of nitrogens with zero attached hydrogens (tertiary/aromatic N) is 2. The number of para-hydroxylation sites is 2. The van der Waals surface area contributed by atoms with Crippen LogP contribution in [0.15, 0.2) is 66.8 Å². The van der Waals surface area contributed by atoms with Crippen LogP contribution in [0.5, 0.6) is 0 Å². The largest absolute Gasteiger partial charge is 0.243 e. The van der Waals surface area contributed by atoms with Gasteiger partial charge in [0.2, 0.25) is 0 Å². The van der Waals surface area contributed by atoms with Gasteiger partial charge in [-0.1, -0.05) is 60.2 Å². The minimum atomic E-state index is 0.439. The molecule has 23 heavy (non-hydrogen) atoms. The molecule has 4 rings (SSSR count). The normalized spacial score (nSPS) is 14.0. The monoisotopic (exact) mass is 318 g/mol. The van der Waals surface area contributed by atoms with E-state index >= 15 is 0 Å². The molecule has 2 nitrogen and oxygen atoms in total. The lowest BCUT2D eigenvalue weighted by Crippen LogP contribution is -1.92. The molecule has 0 bridgehead atoms. The Kier molecular flexibility index (Phi) is 3.68. The van der Waals surface area contributed by atoms with Crippen LogP contribution in [0, 0.1) is 0 Å². The van der Waals surface area contributed by atoms with Crippen LogP contribution >= 0.6 is 11.6 Å². The van der Waals surface area contributed by atoms with Crippen LogP contribution in [-0.4, -0.2) is 9.97 Å². The molecule has 3 heteroatoms. The van der Waals surface area contributed by atoms with Crippen molar-refractivity contribution in [2.45, 2.75) is 12.8 Å². The number of hydrogen-bond donors (Lipinski definition) is 0. The smallest absolute Gasteiger partial charge is 0.156 e. The van der Waals surface area contributed by atoms with E-state index < -0.39 is 0 Å². The van der Waals surface area contributed by atoms with Gasteiger partial charge in [0, 0.05) is 5.56 Å². The summed E-state index contributed by atoms with van der Waals surface area (Å²) in [6, 6.07) is 16.1. The van der Waals surface area contributed by atoms with Crippen molar-refractivity contribution in [1.29, 1.82) is 0 Å². The lowest BCUT2D eigenvalue weighted by molar-refractivity contribution is 1.04. The zero-order valence-electron chi connectivity index (χ0n) is 12.5. The van der Waals surface area contributed by atoms with Gasteiger partial charge in [-0.3, -0.25) is 0 Å². The van der Waals surface area contributed by atoms with Gasteiger partial charge >= 0.3 is 0 Å². The Morgan fingerprint density at radius 3 is 2.39 bits per heavy atom. The highest BCUT2D eigenvalue weighted by Gasteiger charge is 2.10. The minimum absolute atomic E-state index is 0.439. The summed E-state index contributed by atoms with van der Waals surface area (Å²) >= 11 is 6.37. The Morgan fingerprint density at radius 1 is 0.826 bits per heavy atom. The molecule has 0 N–H and O–H groups in total. The molecule has 0 unspecified atom stereocenters. The van der Waals surface area contributed by atoms with Crippen molar-refractivity contribution in [2.75, 3.05) is 0 Å². The van der Waals surface area contributed by atoms with Crippen LogP contribution in [0.1, 0.15) is 18.4 Å². The van der Waals surface area contributed by atoms with Gasteiger partial charge in [-0.05, 0) is 42.2 Å². The van der Waals surface area contributed by atoms with E-state index in [0.717, 1.165) is 35.1 Å². The molecule has 0 atom stereocenters. The maximum Gasteiger partial charge on any atom is 0.156 e. The number of halogens is 1. The van der Waals surface area contributed by atoms with Gasteiger partial charge < -0.3 is 0 Å². The zero-order valence-corrected chi connectivity index (χ0v) is 13.3. The van der Waals surface area contributed by atoms with Gasteiger partial charge in [-0.2, -0.15) is 0 Å². The fourth-order valence-corrected chi connectivity index (χ4v) is 3.08. The number of aromatic nitrogens is 2. The lowest BCUT2D eigenvalue weighted by atomic mass is 9.97. The molecular formula is C20H15ClN2. The summed E-state index contributed by atoms with van der Waals surface area (Å²) in [6.07, 6.45) is 8.87. The number of allylic oxidation sites excluding steroid dienone is 4. The second-order valence-electron chi connectivity index (χ2n) is 5.57. The molecule has 3 aromatic rings. The van der Waals surface area contributed by atoms with Crippen LogP contribution in [0.2, 0.25) is 5.15 Å². The molecule has 0 spiro atoms. The number of benzene rings is 2. The fraction of sp³-hybridized carbons (Fsp3) is 0.100. The predicted octanol–water partition coefficient (Wildman–Crippen LogP) is 5.68. The average Bonchev–Trinajstić information content (AvgIpc) is 2.62. The van der Waals surface area contributed by atoms with Crippen molar-refractivity contribution >= 4 is 28.2 Å². The Hall–Kier alpha value is -2.45. The quantitative estimate of drug-likeness (QED) is 0.607. The van der Waals surface area contributed by atoms with E-state index in [0.29, 0.717) is 5.15 Å². The molecule has 1 aliphatic rings. The van der Waals surface area contributed by atoms with Crippen molar-refractivity contribution in [2.24, 2.45) is 0 Å². The van der Waals surface area contributed by atoms with E-state index in [2.05, 4.69) is 35.3 Å². The topological polar surface area (TPSA) is 25.8 Å². The predicted molar refractivity (Wildman–Crippen MR) is 96.3 cm³/mol. The summed E-state index contributed by atoms with van der Waals surface area (Å²) in [6.45, 7) is 0.